The molecule has 5 heteroatoms. The zero-order valence-corrected chi connectivity index (χ0v) is 12.1. The summed E-state index contributed by atoms with van der Waals surface area (Å²) in [7, 11) is 0. The molecule has 5 nitrogen and oxygen atoms in total. The Labute approximate surface area is 128 Å². The molecule has 0 radical (unpaired) electrons. The fourth-order valence-electron chi connectivity index (χ4n) is 2.08. The van der Waals surface area contributed by atoms with Crippen molar-refractivity contribution in [3.63, 3.8) is 0 Å². The molecule has 0 unspecified atom stereocenters. The second-order valence-electron chi connectivity index (χ2n) is 4.84. The number of carbonyl (C=O) groups excluding carboxylic acids is 1. The van der Waals surface area contributed by atoms with E-state index in [1.54, 1.807) is 19.3 Å². The van der Waals surface area contributed by atoms with Crippen LogP contribution in [0.1, 0.15) is 21.8 Å². The Kier molecular flexibility index (Phi) is 3.96. The monoisotopic (exact) mass is 293 g/mol. The maximum Gasteiger partial charge on any atom is 0.289 e. The molecular formula is C17H15N3O2. The standard InChI is InChI=1S/C17H15N3O2/c1-12-15(16(21)19-11-13-6-5-9-18-10-13)22-17(20-12)14-7-3-2-4-8-14/h2-10H,11H2,1H3,(H,19,21). The van der Waals surface area contributed by atoms with Crippen molar-refractivity contribution in [2.24, 2.45) is 0 Å². The predicted octanol–water partition coefficient (Wildman–Crippen LogP) is 2.98. The van der Waals surface area contributed by atoms with Gasteiger partial charge in [0, 0.05) is 24.5 Å². The van der Waals surface area contributed by atoms with Gasteiger partial charge in [-0.25, -0.2) is 4.98 Å². The number of oxazole rings is 1. The lowest BCUT2D eigenvalue weighted by atomic mass is 10.2. The van der Waals surface area contributed by atoms with Crippen LogP contribution >= 0.6 is 0 Å². The smallest absolute Gasteiger partial charge is 0.289 e. The summed E-state index contributed by atoms with van der Waals surface area (Å²) in [5.41, 5.74) is 2.34. The van der Waals surface area contributed by atoms with Gasteiger partial charge in [0.15, 0.2) is 0 Å². The van der Waals surface area contributed by atoms with Crippen LogP contribution in [0, 0.1) is 6.92 Å². The van der Waals surface area contributed by atoms with Crippen molar-refractivity contribution in [1.82, 2.24) is 15.3 Å². The van der Waals surface area contributed by atoms with Gasteiger partial charge < -0.3 is 9.73 Å². The third-order valence-electron chi connectivity index (χ3n) is 3.20. The Morgan fingerprint density at radius 3 is 2.73 bits per heavy atom. The highest BCUT2D eigenvalue weighted by atomic mass is 16.4. The van der Waals surface area contributed by atoms with Crippen LogP contribution < -0.4 is 5.32 Å². The van der Waals surface area contributed by atoms with Gasteiger partial charge in [-0.1, -0.05) is 24.3 Å². The molecule has 0 aliphatic rings. The van der Waals surface area contributed by atoms with Crippen molar-refractivity contribution in [2.45, 2.75) is 13.5 Å². The molecule has 0 aliphatic carbocycles. The van der Waals surface area contributed by atoms with E-state index in [0.29, 0.717) is 18.1 Å². The van der Waals surface area contributed by atoms with Gasteiger partial charge in [0.1, 0.15) is 0 Å². The van der Waals surface area contributed by atoms with E-state index < -0.39 is 0 Å². The van der Waals surface area contributed by atoms with E-state index in [1.807, 2.05) is 42.5 Å². The summed E-state index contributed by atoms with van der Waals surface area (Å²) < 4.78 is 5.61. The van der Waals surface area contributed by atoms with Crippen LogP contribution in [0.3, 0.4) is 0 Å². The van der Waals surface area contributed by atoms with Gasteiger partial charge in [0.25, 0.3) is 5.91 Å². The molecule has 0 aliphatic heterocycles. The van der Waals surface area contributed by atoms with Crippen molar-refractivity contribution in [3.8, 4) is 11.5 Å². The zero-order chi connectivity index (χ0) is 15.4. The lowest BCUT2D eigenvalue weighted by Gasteiger charge is -2.02. The van der Waals surface area contributed by atoms with Crippen LogP contribution in [0.5, 0.6) is 0 Å². The number of pyridine rings is 1. The van der Waals surface area contributed by atoms with E-state index in [1.165, 1.54) is 0 Å². The molecule has 0 atom stereocenters. The first kappa shape index (κ1) is 14.0. The molecule has 0 saturated heterocycles. The summed E-state index contributed by atoms with van der Waals surface area (Å²) in [6.07, 6.45) is 3.40. The van der Waals surface area contributed by atoms with Gasteiger partial charge in [0.2, 0.25) is 11.7 Å². The highest BCUT2D eigenvalue weighted by Crippen LogP contribution is 2.21. The number of nitrogens with one attached hydrogen (secondary N) is 1. The molecule has 0 saturated carbocycles. The fraction of sp³-hybridized carbons (Fsp3) is 0.118. The van der Waals surface area contributed by atoms with Gasteiger partial charge in [-0.05, 0) is 30.7 Å². The van der Waals surface area contributed by atoms with Crippen LogP contribution in [0.2, 0.25) is 0 Å². The van der Waals surface area contributed by atoms with Gasteiger partial charge in [-0.15, -0.1) is 0 Å². The van der Waals surface area contributed by atoms with Crippen molar-refractivity contribution in [2.75, 3.05) is 0 Å². The summed E-state index contributed by atoms with van der Waals surface area (Å²) in [5, 5.41) is 2.81. The van der Waals surface area contributed by atoms with Gasteiger partial charge in [0.05, 0.1) is 5.69 Å². The van der Waals surface area contributed by atoms with Crippen molar-refractivity contribution < 1.29 is 9.21 Å². The number of rotatable bonds is 4. The Morgan fingerprint density at radius 1 is 1.18 bits per heavy atom. The molecule has 110 valence electrons. The summed E-state index contributed by atoms with van der Waals surface area (Å²) >= 11 is 0. The molecule has 3 aromatic rings. The fourth-order valence-corrected chi connectivity index (χ4v) is 2.08. The minimum atomic E-state index is -0.281. The highest BCUT2D eigenvalue weighted by molar-refractivity contribution is 5.92. The minimum absolute atomic E-state index is 0.239. The average molecular weight is 293 g/mol. The molecular weight excluding hydrogens is 278 g/mol. The Morgan fingerprint density at radius 2 is 2.00 bits per heavy atom. The van der Waals surface area contributed by atoms with Gasteiger partial charge in [-0.2, -0.15) is 0 Å². The first-order chi connectivity index (χ1) is 10.7. The van der Waals surface area contributed by atoms with E-state index in [9.17, 15) is 4.79 Å². The lowest BCUT2D eigenvalue weighted by molar-refractivity contribution is 0.0923. The molecule has 0 bridgehead atoms. The molecule has 2 aromatic heterocycles. The number of amides is 1. The summed E-state index contributed by atoms with van der Waals surface area (Å²) in [6, 6.07) is 13.2. The molecule has 22 heavy (non-hydrogen) atoms. The van der Waals surface area contributed by atoms with E-state index >= 15 is 0 Å². The highest BCUT2D eigenvalue weighted by Gasteiger charge is 2.17. The number of nitrogens with zero attached hydrogens (tertiary/aromatic N) is 2. The number of hydrogen-bond acceptors (Lipinski definition) is 4. The number of aryl methyl sites for hydroxylation is 1. The zero-order valence-electron chi connectivity index (χ0n) is 12.1. The first-order valence-corrected chi connectivity index (χ1v) is 6.94. The molecule has 0 spiro atoms. The number of carbonyl (C=O) groups is 1. The SMILES string of the molecule is Cc1nc(-c2ccccc2)oc1C(=O)NCc1cccnc1. The topological polar surface area (TPSA) is 68.0 Å². The Balaban J connectivity index is 1.74. The molecule has 1 N–H and O–H groups in total. The number of benzene rings is 1. The summed E-state index contributed by atoms with van der Waals surface area (Å²) in [6.45, 7) is 2.16. The normalized spacial score (nSPS) is 10.4. The van der Waals surface area contributed by atoms with E-state index in [0.717, 1.165) is 11.1 Å². The molecule has 0 fully saturated rings. The largest absolute Gasteiger partial charge is 0.431 e. The quantitative estimate of drug-likeness (QED) is 0.803. The van der Waals surface area contributed by atoms with Crippen LogP contribution in [-0.2, 0) is 6.54 Å². The molecule has 2 heterocycles. The van der Waals surface area contributed by atoms with Crippen LogP contribution in [0.4, 0.5) is 0 Å². The van der Waals surface area contributed by atoms with E-state index in [-0.39, 0.29) is 11.7 Å². The van der Waals surface area contributed by atoms with Gasteiger partial charge in [-0.3, -0.25) is 9.78 Å². The summed E-state index contributed by atoms with van der Waals surface area (Å²) in [5.74, 6) is 0.406. The second-order valence-corrected chi connectivity index (χ2v) is 4.84. The number of hydrogen-bond donors (Lipinski definition) is 1. The second kappa shape index (κ2) is 6.22. The van der Waals surface area contributed by atoms with Crippen molar-refractivity contribution >= 4 is 5.91 Å². The third kappa shape index (κ3) is 3.03. The predicted molar refractivity (Wildman–Crippen MR) is 82.1 cm³/mol. The lowest BCUT2D eigenvalue weighted by Crippen LogP contribution is -2.23. The van der Waals surface area contributed by atoms with E-state index in [2.05, 4.69) is 15.3 Å². The maximum absolute atomic E-state index is 12.2. The van der Waals surface area contributed by atoms with Crippen LogP contribution in [0.25, 0.3) is 11.5 Å². The van der Waals surface area contributed by atoms with Crippen molar-refractivity contribution in [3.05, 3.63) is 71.9 Å². The third-order valence-corrected chi connectivity index (χ3v) is 3.20. The molecule has 1 amide bonds. The van der Waals surface area contributed by atoms with Crippen LogP contribution in [0.15, 0.2) is 59.3 Å². The van der Waals surface area contributed by atoms with Gasteiger partial charge >= 0.3 is 0 Å². The first-order valence-electron chi connectivity index (χ1n) is 6.94. The minimum Gasteiger partial charge on any atom is -0.431 e. The van der Waals surface area contributed by atoms with E-state index in [4.69, 9.17) is 4.42 Å². The summed E-state index contributed by atoms with van der Waals surface area (Å²) in [4.78, 5) is 20.5. The Hall–Kier alpha value is -2.95. The van der Waals surface area contributed by atoms with Crippen molar-refractivity contribution in [1.29, 1.82) is 0 Å². The van der Waals surface area contributed by atoms with Crippen LogP contribution in [-0.4, -0.2) is 15.9 Å². The maximum atomic E-state index is 12.2. The average Bonchev–Trinajstić information content (AvgIpc) is 2.96. The Bertz CT molecular complexity index is 767. The molecule has 3 rings (SSSR count). The molecule has 1 aromatic carbocycles. The number of aromatic nitrogens is 2.